The number of carbonyl (C=O) groups is 2. The molecule has 3 rings (SSSR count). The molecule has 134 valence electrons. The molecule has 1 saturated heterocycles. The number of β-lactam (4-membered cyclic amide) rings is 1. The fraction of sp³-hybridized carbons (Fsp3) is 0.500. The smallest absolute Gasteiger partial charge is 0.353 e. The zero-order valence-corrected chi connectivity index (χ0v) is 15.2. The SMILES string of the molecule is CC(Cc1ccccn1)SC1=C(C(=O)O)N2C(=O)C(C(C)O)C2C1C. The number of aliphatic hydroxyl groups excluding tert-OH is 1. The number of carboxylic acids is 1. The number of hydrogen-bond donors (Lipinski definition) is 2. The molecule has 6 nitrogen and oxygen atoms in total. The van der Waals surface area contributed by atoms with Gasteiger partial charge in [-0.1, -0.05) is 19.9 Å². The molecule has 5 unspecified atom stereocenters. The second kappa shape index (κ2) is 6.80. The molecule has 25 heavy (non-hydrogen) atoms. The molecule has 0 bridgehead atoms. The van der Waals surface area contributed by atoms with Gasteiger partial charge in [-0.15, -0.1) is 11.8 Å². The van der Waals surface area contributed by atoms with E-state index in [0.29, 0.717) is 6.42 Å². The van der Waals surface area contributed by atoms with Gasteiger partial charge >= 0.3 is 5.97 Å². The lowest BCUT2D eigenvalue weighted by molar-refractivity contribution is -0.163. The van der Waals surface area contributed by atoms with Crippen molar-refractivity contribution in [1.82, 2.24) is 9.88 Å². The van der Waals surface area contributed by atoms with Gasteiger partial charge in [0.1, 0.15) is 5.70 Å². The number of nitrogens with zero attached hydrogens (tertiary/aromatic N) is 2. The lowest BCUT2D eigenvalue weighted by Gasteiger charge is -2.46. The van der Waals surface area contributed by atoms with Crippen LogP contribution in [0.1, 0.15) is 26.5 Å². The van der Waals surface area contributed by atoms with Gasteiger partial charge in [0.2, 0.25) is 5.91 Å². The van der Waals surface area contributed by atoms with Gasteiger partial charge in [-0.3, -0.25) is 9.78 Å². The van der Waals surface area contributed by atoms with Crippen LogP contribution in [-0.4, -0.2) is 49.4 Å². The maximum Gasteiger partial charge on any atom is 0.353 e. The summed E-state index contributed by atoms with van der Waals surface area (Å²) in [7, 11) is 0. The van der Waals surface area contributed by atoms with Crippen molar-refractivity contribution in [3.05, 3.63) is 40.7 Å². The number of carbonyl (C=O) groups excluding carboxylic acids is 1. The van der Waals surface area contributed by atoms with E-state index in [-0.39, 0.29) is 28.8 Å². The molecule has 1 aromatic rings. The molecular formula is C18H22N2O4S. The van der Waals surface area contributed by atoms with Gasteiger partial charge in [0.05, 0.1) is 18.1 Å². The molecule has 7 heteroatoms. The molecule has 2 N–H and O–H groups in total. The predicted octanol–water partition coefficient (Wildman–Crippen LogP) is 1.90. The first-order valence-electron chi connectivity index (χ1n) is 8.38. The summed E-state index contributed by atoms with van der Waals surface area (Å²) in [5, 5.41) is 19.6. The lowest BCUT2D eigenvalue weighted by atomic mass is 9.79. The number of hydrogen-bond acceptors (Lipinski definition) is 5. The van der Waals surface area contributed by atoms with Crippen LogP contribution in [0.3, 0.4) is 0 Å². The first kappa shape index (κ1) is 17.9. The Bertz CT molecular complexity index is 719. The standard InChI is InChI=1S/C18H22N2O4S/c1-9(8-12-6-4-5-7-19-12)25-16-10(2)14-13(11(3)21)17(22)20(14)15(16)18(23)24/h4-7,9-11,13-14,21H,8H2,1-3H3,(H,23,24). The quantitative estimate of drug-likeness (QED) is 0.751. The van der Waals surface area contributed by atoms with Crippen LogP contribution in [0, 0.1) is 11.8 Å². The van der Waals surface area contributed by atoms with Crippen LogP contribution in [0.2, 0.25) is 0 Å². The maximum absolute atomic E-state index is 12.3. The van der Waals surface area contributed by atoms with Crippen LogP contribution in [0.15, 0.2) is 35.0 Å². The molecule has 0 saturated carbocycles. The van der Waals surface area contributed by atoms with Gasteiger partial charge in [0.25, 0.3) is 0 Å². The fourth-order valence-corrected chi connectivity index (χ4v) is 5.09. The Morgan fingerprint density at radius 1 is 1.40 bits per heavy atom. The van der Waals surface area contributed by atoms with Crippen molar-refractivity contribution in [3.8, 4) is 0 Å². The number of aromatic nitrogens is 1. The highest BCUT2D eigenvalue weighted by Crippen LogP contribution is 2.51. The number of aliphatic carboxylic acids is 1. The van der Waals surface area contributed by atoms with E-state index in [0.717, 1.165) is 10.6 Å². The highest BCUT2D eigenvalue weighted by molar-refractivity contribution is 8.03. The average molecular weight is 362 g/mol. The number of aliphatic hydroxyl groups is 1. The first-order chi connectivity index (χ1) is 11.8. The summed E-state index contributed by atoms with van der Waals surface area (Å²) in [6.45, 7) is 5.55. The second-order valence-corrected chi connectivity index (χ2v) is 8.21. The molecule has 1 aromatic heterocycles. The third-order valence-corrected chi connectivity index (χ3v) is 6.25. The Labute approximate surface area is 150 Å². The molecule has 0 radical (unpaired) electrons. The van der Waals surface area contributed by atoms with Crippen molar-refractivity contribution >= 4 is 23.6 Å². The van der Waals surface area contributed by atoms with Crippen LogP contribution in [0.4, 0.5) is 0 Å². The van der Waals surface area contributed by atoms with Crippen LogP contribution in [0.25, 0.3) is 0 Å². The molecule has 0 aliphatic carbocycles. The number of pyridine rings is 1. The van der Waals surface area contributed by atoms with Crippen molar-refractivity contribution in [2.45, 2.75) is 44.6 Å². The Morgan fingerprint density at radius 3 is 2.68 bits per heavy atom. The minimum atomic E-state index is -1.08. The summed E-state index contributed by atoms with van der Waals surface area (Å²) < 4.78 is 0. The van der Waals surface area contributed by atoms with E-state index >= 15 is 0 Å². The van der Waals surface area contributed by atoms with Crippen molar-refractivity contribution < 1.29 is 19.8 Å². The van der Waals surface area contributed by atoms with Crippen molar-refractivity contribution in [3.63, 3.8) is 0 Å². The van der Waals surface area contributed by atoms with Gasteiger partial charge in [-0.2, -0.15) is 0 Å². The predicted molar refractivity (Wildman–Crippen MR) is 94.6 cm³/mol. The summed E-state index contributed by atoms with van der Waals surface area (Å²) in [4.78, 5) is 30.5. The van der Waals surface area contributed by atoms with Crippen LogP contribution < -0.4 is 0 Å². The van der Waals surface area contributed by atoms with E-state index in [4.69, 9.17) is 0 Å². The van der Waals surface area contributed by atoms with Crippen molar-refractivity contribution in [2.24, 2.45) is 11.8 Å². The third kappa shape index (κ3) is 3.06. The van der Waals surface area contributed by atoms with E-state index in [2.05, 4.69) is 4.98 Å². The number of amides is 1. The zero-order valence-electron chi connectivity index (χ0n) is 14.4. The van der Waals surface area contributed by atoms with E-state index < -0.39 is 18.0 Å². The molecule has 3 heterocycles. The molecule has 1 amide bonds. The van der Waals surface area contributed by atoms with Gasteiger partial charge in [0, 0.05) is 34.4 Å². The molecule has 2 aliphatic heterocycles. The Morgan fingerprint density at radius 2 is 2.12 bits per heavy atom. The summed E-state index contributed by atoms with van der Waals surface area (Å²) in [5.74, 6) is -2.00. The summed E-state index contributed by atoms with van der Waals surface area (Å²) in [6, 6.07) is 5.47. The Kier molecular flexibility index (Phi) is 4.88. The van der Waals surface area contributed by atoms with Crippen LogP contribution in [0.5, 0.6) is 0 Å². The average Bonchev–Trinajstić information content (AvgIpc) is 2.77. The first-order valence-corrected chi connectivity index (χ1v) is 9.26. The fourth-order valence-electron chi connectivity index (χ4n) is 3.75. The summed E-state index contributed by atoms with van der Waals surface area (Å²) in [5.41, 5.74) is 1.03. The maximum atomic E-state index is 12.3. The Balaban J connectivity index is 1.82. The third-order valence-electron chi connectivity index (χ3n) is 4.86. The topological polar surface area (TPSA) is 90.7 Å². The monoisotopic (exact) mass is 362 g/mol. The zero-order chi connectivity index (χ0) is 18.3. The largest absolute Gasteiger partial charge is 0.477 e. The van der Waals surface area contributed by atoms with E-state index in [1.54, 1.807) is 13.1 Å². The molecule has 1 fully saturated rings. The summed E-state index contributed by atoms with van der Waals surface area (Å²) >= 11 is 1.49. The number of carboxylic acid groups (broad SMARTS) is 1. The van der Waals surface area contributed by atoms with Gasteiger partial charge in [0.15, 0.2) is 0 Å². The Hall–Kier alpha value is -1.86. The van der Waals surface area contributed by atoms with Gasteiger partial charge in [-0.25, -0.2) is 4.79 Å². The van der Waals surface area contributed by atoms with Gasteiger partial charge < -0.3 is 15.1 Å². The number of thioether (sulfide) groups is 1. The lowest BCUT2D eigenvalue weighted by Crippen LogP contribution is -2.63. The van der Waals surface area contributed by atoms with Crippen LogP contribution in [-0.2, 0) is 16.0 Å². The van der Waals surface area contributed by atoms with E-state index in [9.17, 15) is 19.8 Å². The normalized spacial score (nSPS) is 27.8. The van der Waals surface area contributed by atoms with Crippen molar-refractivity contribution in [1.29, 1.82) is 0 Å². The summed E-state index contributed by atoms with van der Waals surface area (Å²) in [6.07, 6.45) is 1.68. The second-order valence-electron chi connectivity index (χ2n) is 6.73. The molecular weight excluding hydrogens is 340 g/mol. The van der Waals surface area contributed by atoms with E-state index in [1.165, 1.54) is 16.7 Å². The van der Waals surface area contributed by atoms with Crippen LogP contribution >= 0.6 is 11.8 Å². The van der Waals surface area contributed by atoms with E-state index in [1.807, 2.05) is 32.0 Å². The number of fused-ring (bicyclic) bond motifs is 1. The number of rotatable bonds is 6. The van der Waals surface area contributed by atoms with Gasteiger partial charge in [-0.05, 0) is 19.1 Å². The van der Waals surface area contributed by atoms with Crippen molar-refractivity contribution in [2.75, 3.05) is 0 Å². The molecule has 0 spiro atoms. The molecule has 2 aliphatic rings. The minimum absolute atomic E-state index is 0.0808. The molecule has 5 atom stereocenters. The minimum Gasteiger partial charge on any atom is -0.477 e. The molecule has 0 aromatic carbocycles. The highest BCUT2D eigenvalue weighted by atomic mass is 32.2. The highest BCUT2D eigenvalue weighted by Gasteiger charge is 2.60.